The number of likely N-dealkylation sites (tertiary alicyclic amines) is 1. The fourth-order valence-corrected chi connectivity index (χ4v) is 3.50. The predicted molar refractivity (Wildman–Crippen MR) is 102 cm³/mol. The molecule has 1 aliphatic heterocycles. The van der Waals surface area contributed by atoms with Crippen molar-refractivity contribution in [3.05, 3.63) is 32.7 Å². The van der Waals surface area contributed by atoms with Crippen LogP contribution < -0.4 is 10.9 Å². The Morgan fingerprint density at radius 2 is 2.07 bits per heavy atom. The molecule has 2 rings (SSSR count). The van der Waals surface area contributed by atoms with E-state index >= 15 is 0 Å². The third-order valence-corrected chi connectivity index (χ3v) is 5.15. The van der Waals surface area contributed by atoms with Crippen molar-refractivity contribution >= 4 is 11.8 Å². The third-order valence-electron chi connectivity index (χ3n) is 5.15. The zero-order valence-corrected chi connectivity index (χ0v) is 16.5. The summed E-state index contributed by atoms with van der Waals surface area (Å²) in [6.07, 6.45) is 2.53. The van der Waals surface area contributed by atoms with Crippen molar-refractivity contribution < 1.29 is 9.59 Å². The number of piperidine rings is 1. The van der Waals surface area contributed by atoms with Crippen LogP contribution in [-0.2, 0) is 16.0 Å². The van der Waals surface area contributed by atoms with E-state index in [-0.39, 0.29) is 34.9 Å². The van der Waals surface area contributed by atoms with Crippen LogP contribution in [0.2, 0.25) is 0 Å². The van der Waals surface area contributed by atoms with Crippen LogP contribution in [0.1, 0.15) is 55.5 Å². The Morgan fingerprint density at radius 3 is 2.70 bits per heavy atom. The van der Waals surface area contributed by atoms with Crippen molar-refractivity contribution in [3.63, 3.8) is 0 Å². The standard InChI is InChI=1S/C20H28N4O3/c1-12(2)19(26)23-15-6-5-9-24(11-15)18(25)8-7-16-13(3)17(10-21)20(27)22-14(16)4/h12,15H,5-9,11H2,1-4H3,(H,22,27)(H,23,26). The molecule has 0 aromatic carbocycles. The van der Waals surface area contributed by atoms with Crippen LogP contribution in [0.5, 0.6) is 0 Å². The Hall–Kier alpha value is -2.62. The summed E-state index contributed by atoms with van der Waals surface area (Å²) in [5.74, 6) is -0.0311. The quantitative estimate of drug-likeness (QED) is 0.818. The van der Waals surface area contributed by atoms with E-state index in [1.165, 1.54) is 0 Å². The maximum atomic E-state index is 12.7. The van der Waals surface area contributed by atoms with Crippen LogP contribution in [0.4, 0.5) is 0 Å². The number of aromatic amines is 1. The number of hydrogen-bond acceptors (Lipinski definition) is 4. The lowest BCUT2D eigenvalue weighted by atomic mass is 9.98. The topological polar surface area (TPSA) is 106 Å². The van der Waals surface area contributed by atoms with Gasteiger partial charge in [0.15, 0.2) is 0 Å². The molecule has 0 radical (unpaired) electrons. The maximum Gasteiger partial charge on any atom is 0.266 e. The summed E-state index contributed by atoms with van der Waals surface area (Å²) in [5.41, 5.74) is 1.92. The molecule has 1 aromatic heterocycles. The van der Waals surface area contributed by atoms with Gasteiger partial charge in [-0.15, -0.1) is 0 Å². The van der Waals surface area contributed by atoms with Gasteiger partial charge in [-0.1, -0.05) is 13.8 Å². The number of H-pyrrole nitrogens is 1. The van der Waals surface area contributed by atoms with Crippen molar-refractivity contribution in [1.29, 1.82) is 5.26 Å². The Morgan fingerprint density at radius 1 is 1.37 bits per heavy atom. The van der Waals surface area contributed by atoms with Crippen molar-refractivity contribution in [3.8, 4) is 6.07 Å². The molecule has 2 N–H and O–H groups in total. The first-order valence-electron chi connectivity index (χ1n) is 9.45. The second kappa shape index (κ2) is 8.85. The van der Waals surface area contributed by atoms with Gasteiger partial charge in [-0.2, -0.15) is 5.26 Å². The van der Waals surface area contributed by atoms with Crippen LogP contribution in [0.3, 0.4) is 0 Å². The zero-order valence-electron chi connectivity index (χ0n) is 16.5. The van der Waals surface area contributed by atoms with Gasteiger partial charge in [0.05, 0.1) is 0 Å². The lowest BCUT2D eigenvalue weighted by Crippen LogP contribution is -2.50. The van der Waals surface area contributed by atoms with Gasteiger partial charge in [0.25, 0.3) is 5.56 Å². The Bertz CT molecular complexity index is 820. The van der Waals surface area contributed by atoms with E-state index in [4.69, 9.17) is 5.26 Å². The van der Waals surface area contributed by atoms with E-state index in [1.54, 1.807) is 18.7 Å². The first-order valence-corrected chi connectivity index (χ1v) is 9.45. The van der Waals surface area contributed by atoms with Crippen molar-refractivity contribution in [2.45, 2.75) is 59.4 Å². The van der Waals surface area contributed by atoms with E-state index in [0.29, 0.717) is 37.2 Å². The number of amides is 2. The summed E-state index contributed by atoms with van der Waals surface area (Å²) in [4.78, 5) is 40.9. The van der Waals surface area contributed by atoms with Gasteiger partial charge in [-0.3, -0.25) is 14.4 Å². The maximum absolute atomic E-state index is 12.7. The molecule has 27 heavy (non-hydrogen) atoms. The lowest BCUT2D eigenvalue weighted by Gasteiger charge is -2.33. The molecule has 0 saturated carbocycles. The Balaban J connectivity index is 2.01. The highest BCUT2D eigenvalue weighted by atomic mass is 16.2. The summed E-state index contributed by atoms with van der Waals surface area (Å²) in [6.45, 7) is 8.47. The first kappa shape index (κ1) is 20.7. The highest BCUT2D eigenvalue weighted by Gasteiger charge is 2.25. The molecule has 2 amide bonds. The van der Waals surface area contributed by atoms with E-state index in [9.17, 15) is 14.4 Å². The molecule has 7 nitrogen and oxygen atoms in total. The summed E-state index contributed by atoms with van der Waals surface area (Å²) >= 11 is 0. The molecule has 1 aromatic rings. The highest BCUT2D eigenvalue weighted by molar-refractivity contribution is 5.79. The molecule has 2 heterocycles. The lowest BCUT2D eigenvalue weighted by molar-refractivity contribution is -0.134. The van der Waals surface area contributed by atoms with E-state index in [2.05, 4.69) is 10.3 Å². The smallest absolute Gasteiger partial charge is 0.266 e. The van der Waals surface area contributed by atoms with E-state index in [1.807, 2.05) is 19.9 Å². The number of hydrogen-bond donors (Lipinski definition) is 2. The number of nitriles is 1. The van der Waals surface area contributed by atoms with Crippen LogP contribution in [0.25, 0.3) is 0 Å². The molecule has 1 fully saturated rings. The van der Waals surface area contributed by atoms with Crippen LogP contribution in [0.15, 0.2) is 4.79 Å². The molecule has 146 valence electrons. The van der Waals surface area contributed by atoms with Crippen LogP contribution in [0, 0.1) is 31.1 Å². The minimum absolute atomic E-state index is 0.000608. The molecule has 7 heteroatoms. The molecule has 0 spiro atoms. The molecule has 1 unspecified atom stereocenters. The summed E-state index contributed by atoms with van der Waals surface area (Å²) in [5, 5.41) is 12.2. The SMILES string of the molecule is Cc1[nH]c(=O)c(C#N)c(C)c1CCC(=O)N1CCCC(NC(=O)C(C)C)C1. The van der Waals surface area contributed by atoms with Gasteiger partial charge in [0.2, 0.25) is 11.8 Å². The number of rotatable bonds is 5. The number of carbonyl (C=O) groups is 2. The van der Waals surface area contributed by atoms with Crippen LogP contribution in [-0.4, -0.2) is 40.8 Å². The average Bonchev–Trinajstić information content (AvgIpc) is 2.61. The van der Waals surface area contributed by atoms with E-state index < -0.39 is 0 Å². The fourth-order valence-electron chi connectivity index (χ4n) is 3.50. The number of carbonyl (C=O) groups excluding carboxylic acids is 2. The minimum atomic E-state index is -0.387. The van der Waals surface area contributed by atoms with Crippen LogP contribution >= 0.6 is 0 Å². The van der Waals surface area contributed by atoms with Crippen molar-refractivity contribution in [2.24, 2.45) is 5.92 Å². The van der Waals surface area contributed by atoms with Gasteiger partial charge in [-0.05, 0) is 44.2 Å². The molecule has 0 aliphatic carbocycles. The highest BCUT2D eigenvalue weighted by Crippen LogP contribution is 2.17. The molecular formula is C20H28N4O3. The molecular weight excluding hydrogens is 344 g/mol. The van der Waals surface area contributed by atoms with Gasteiger partial charge in [-0.25, -0.2) is 0 Å². The van der Waals surface area contributed by atoms with Gasteiger partial charge < -0.3 is 15.2 Å². The monoisotopic (exact) mass is 372 g/mol. The largest absolute Gasteiger partial charge is 0.351 e. The fraction of sp³-hybridized carbons (Fsp3) is 0.600. The minimum Gasteiger partial charge on any atom is -0.351 e. The van der Waals surface area contributed by atoms with Crippen molar-refractivity contribution in [2.75, 3.05) is 13.1 Å². The molecule has 0 bridgehead atoms. The predicted octanol–water partition coefficient (Wildman–Crippen LogP) is 1.56. The van der Waals surface area contributed by atoms with Gasteiger partial charge in [0.1, 0.15) is 11.6 Å². The summed E-state index contributed by atoms with van der Waals surface area (Å²) in [6, 6.07) is 1.94. The van der Waals surface area contributed by atoms with E-state index in [0.717, 1.165) is 18.4 Å². The normalized spacial score (nSPS) is 16.9. The molecule has 1 aliphatic rings. The Labute approximate surface area is 159 Å². The molecule has 1 atom stereocenters. The third kappa shape index (κ3) is 4.97. The van der Waals surface area contributed by atoms with Gasteiger partial charge in [0, 0.05) is 37.2 Å². The van der Waals surface area contributed by atoms with Gasteiger partial charge >= 0.3 is 0 Å². The number of nitrogens with zero attached hydrogens (tertiary/aromatic N) is 2. The number of aryl methyl sites for hydroxylation is 1. The number of nitrogens with one attached hydrogen (secondary N) is 2. The summed E-state index contributed by atoms with van der Waals surface area (Å²) < 4.78 is 0. The second-order valence-electron chi connectivity index (χ2n) is 7.51. The average molecular weight is 372 g/mol. The summed E-state index contributed by atoms with van der Waals surface area (Å²) in [7, 11) is 0. The second-order valence-corrected chi connectivity index (χ2v) is 7.51. The number of aromatic nitrogens is 1. The zero-order chi connectivity index (χ0) is 20.1. The molecule has 1 saturated heterocycles. The first-order chi connectivity index (χ1) is 12.7. The number of pyridine rings is 1. The van der Waals surface area contributed by atoms with Crippen molar-refractivity contribution in [1.82, 2.24) is 15.2 Å². The Kier molecular flexibility index (Phi) is 6.78.